The van der Waals surface area contributed by atoms with E-state index in [1.165, 1.54) is 5.56 Å². The summed E-state index contributed by atoms with van der Waals surface area (Å²) in [4.78, 5) is 0. The summed E-state index contributed by atoms with van der Waals surface area (Å²) in [6, 6.07) is 13.4. The van der Waals surface area contributed by atoms with Crippen LogP contribution in [0, 0.1) is 0 Å². The van der Waals surface area contributed by atoms with Crippen LogP contribution in [0.2, 0.25) is 10.0 Å². The molecule has 0 amide bonds. The van der Waals surface area contributed by atoms with E-state index in [0.717, 1.165) is 11.4 Å². The zero-order valence-electron chi connectivity index (χ0n) is 11.8. The second-order valence-electron chi connectivity index (χ2n) is 5.01. The molecule has 5 heteroatoms. The van der Waals surface area contributed by atoms with Crippen LogP contribution < -0.4 is 10.6 Å². The maximum Gasteiger partial charge on any atom is 0.175 e. The van der Waals surface area contributed by atoms with Crippen molar-refractivity contribution in [2.24, 2.45) is 0 Å². The highest BCUT2D eigenvalue weighted by molar-refractivity contribution is 7.80. The molecule has 21 heavy (non-hydrogen) atoms. The molecule has 2 aromatic carbocycles. The Balaban J connectivity index is 2.01. The molecule has 0 heterocycles. The van der Waals surface area contributed by atoms with E-state index >= 15 is 0 Å². The molecule has 0 aliphatic heterocycles. The van der Waals surface area contributed by atoms with Gasteiger partial charge in [0.1, 0.15) is 0 Å². The van der Waals surface area contributed by atoms with Gasteiger partial charge in [-0.15, -0.1) is 0 Å². The molecule has 0 atom stereocenters. The van der Waals surface area contributed by atoms with Crippen molar-refractivity contribution in [3.8, 4) is 0 Å². The molecule has 0 aliphatic carbocycles. The van der Waals surface area contributed by atoms with Gasteiger partial charge < -0.3 is 10.6 Å². The number of thiocarbonyl (C=S) groups is 1. The zero-order valence-corrected chi connectivity index (χ0v) is 14.1. The van der Waals surface area contributed by atoms with E-state index in [2.05, 4.69) is 36.6 Å². The monoisotopic (exact) mass is 338 g/mol. The highest BCUT2D eigenvalue weighted by atomic mass is 35.5. The van der Waals surface area contributed by atoms with Crippen molar-refractivity contribution in [3.63, 3.8) is 0 Å². The maximum atomic E-state index is 5.95. The molecule has 0 spiro atoms. The van der Waals surface area contributed by atoms with Crippen LogP contribution in [0.25, 0.3) is 0 Å². The average molecular weight is 339 g/mol. The normalized spacial score (nSPS) is 10.5. The Bertz CT molecular complexity index is 619. The van der Waals surface area contributed by atoms with Gasteiger partial charge in [-0.3, -0.25) is 0 Å². The molecule has 0 aliphatic rings. The third kappa shape index (κ3) is 4.88. The first-order chi connectivity index (χ1) is 9.94. The van der Waals surface area contributed by atoms with Gasteiger partial charge in [0, 0.05) is 21.4 Å². The predicted octanol–water partition coefficient (Wildman–Crippen LogP) is 5.93. The van der Waals surface area contributed by atoms with Crippen molar-refractivity contribution in [1.82, 2.24) is 0 Å². The smallest absolute Gasteiger partial charge is 0.175 e. The highest BCUT2D eigenvalue weighted by Gasteiger charge is 2.03. The minimum absolute atomic E-state index is 0.491. The summed E-state index contributed by atoms with van der Waals surface area (Å²) in [5.41, 5.74) is 2.98. The van der Waals surface area contributed by atoms with Crippen molar-refractivity contribution in [2.75, 3.05) is 10.6 Å². The van der Waals surface area contributed by atoms with Crippen LogP contribution in [0.4, 0.5) is 11.4 Å². The molecular weight excluding hydrogens is 323 g/mol. The number of rotatable bonds is 3. The lowest BCUT2D eigenvalue weighted by Crippen LogP contribution is -2.19. The topological polar surface area (TPSA) is 24.1 Å². The van der Waals surface area contributed by atoms with E-state index in [9.17, 15) is 0 Å². The van der Waals surface area contributed by atoms with Gasteiger partial charge in [0.15, 0.2) is 5.11 Å². The molecule has 0 bridgehead atoms. The van der Waals surface area contributed by atoms with Crippen molar-refractivity contribution >= 4 is 51.9 Å². The van der Waals surface area contributed by atoms with Crippen LogP contribution >= 0.6 is 35.4 Å². The largest absolute Gasteiger partial charge is 0.332 e. The first kappa shape index (κ1) is 16.1. The van der Waals surface area contributed by atoms with Gasteiger partial charge in [-0.25, -0.2) is 0 Å². The van der Waals surface area contributed by atoms with Gasteiger partial charge in [-0.2, -0.15) is 0 Å². The molecule has 0 unspecified atom stereocenters. The van der Waals surface area contributed by atoms with Gasteiger partial charge in [-0.1, -0.05) is 49.2 Å². The fourth-order valence-electron chi connectivity index (χ4n) is 1.87. The molecule has 0 saturated heterocycles. The van der Waals surface area contributed by atoms with Gasteiger partial charge in [0.25, 0.3) is 0 Å². The lowest BCUT2D eigenvalue weighted by atomic mass is 10.0. The molecular formula is C16H16Cl2N2S. The van der Waals surface area contributed by atoms with E-state index in [0.29, 0.717) is 21.1 Å². The standard InChI is InChI=1S/C16H16Cl2N2S/c1-10(2)11-3-5-14(6-4-11)19-16(21)20-15-8-12(17)7-13(18)9-15/h3-10H,1-2H3,(H2,19,20,21). The van der Waals surface area contributed by atoms with Crippen LogP contribution in [-0.4, -0.2) is 5.11 Å². The average Bonchev–Trinajstić information content (AvgIpc) is 2.37. The minimum Gasteiger partial charge on any atom is -0.332 e. The van der Waals surface area contributed by atoms with E-state index in [1.54, 1.807) is 18.2 Å². The van der Waals surface area contributed by atoms with Crippen molar-refractivity contribution in [1.29, 1.82) is 0 Å². The molecule has 0 saturated carbocycles. The number of benzene rings is 2. The first-order valence-electron chi connectivity index (χ1n) is 6.58. The molecule has 0 fully saturated rings. The lowest BCUT2D eigenvalue weighted by molar-refractivity contribution is 0.867. The maximum absolute atomic E-state index is 5.95. The van der Waals surface area contributed by atoms with Crippen LogP contribution in [0.1, 0.15) is 25.3 Å². The minimum atomic E-state index is 0.491. The van der Waals surface area contributed by atoms with Crippen molar-refractivity contribution in [2.45, 2.75) is 19.8 Å². The first-order valence-corrected chi connectivity index (χ1v) is 7.74. The van der Waals surface area contributed by atoms with Crippen molar-refractivity contribution < 1.29 is 0 Å². The molecule has 0 radical (unpaired) electrons. The Morgan fingerprint density at radius 3 is 1.95 bits per heavy atom. The fraction of sp³-hybridized carbons (Fsp3) is 0.188. The van der Waals surface area contributed by atoms with E-state index in [-0.39, 0.29) is 0 Å². The summed E-state index contributed by atoms with van der Waals surface area (Å²) in [7, 11) is 0. The molecule has 110 valence electrons. The lowest BCUT2D eigenvalue weighted by Gasteiger charge is -2.12. The number of anilines is 2. The highest BCUT2D eigenvalue weighted by Crippen LogP contribution is 2.23. The predicted molar refractivity (Wildman–Crippen MR) is 96.8 cm³/mol. The number of hydrogen-bond acceptors (Lipinski definition) is 1. The van der Waals surface area contributed by atoms with E-state index in [1.807, 2.05) is 12.1 Å². The quantitative estimate of drug-likeness (QED) is 0.678. The molecule has 0 aromatic heterocycles. The third-order valence-electron chi connectivity index (χ3n) is 2.96. The van der Waals surface area contributed by atoms with Gasteiger partial charge in [-0.05, 0) is 54.0 Å². The number of halogens is 2. The SMILES string of the molecule is CC(C)c1ccc(NC(=S)Nc2cc(Cl)cc(Cl)c2)cc1. The Morgan fingerprint density at radius 2 is 1.43 bits per heavy atom. The van der Waals surface area contributed by atoms with Gasteiger partial charge >= 0.3 is 0 Å². The summed E-state index contributed by atoms with van der Waals surface area (Å²) < 4.78 is 0. The third-order valence-corrected chi connectivity index (χ3v) is 3.60. The number of hydrogen-bond donors (Lipinski definition) is 2. The van der Waals surface area contributed by atoms with E-state index < -0.39 is 0 Å². The van der Waals surface area contributed by atoms with Crippen LogP contribution in [-0.2, 0) is 0 Å². The van der Waals surface area contributed by atoms with Crippen LogP contribution in [0.15, 0.2) is 42.5 Å². The summed E-state index contributed by atoms with van der Waals surface area (Å²) in [6.07, 6.45) is 0. The second kappa shape index (κ2) is 7.12. The molecule has 2 rings (SSSR count). The fourth-order valence-corrected chi connectivity index (χ4v) is 2.63. The van der Waals surface area contributed by atoms with Crippen molar-refractivity contribution in [3.05, 3.63) is 58.1 Å². The molecule has 2 aromatic rings. The van der Waals surface area contributed by atoms with Crippen LogP contribution in [0.5, 0.6) is 0 Å². The number of nitrogens with one attached hydrogen (secondary N) is 2. The summed E-state index contributed by atoms with van der Waals surface area (Å²) in [5.74, 6) is 0.512. The molecule has 2 nitrogen and oxygen atoms in total. The molecule has 2 N–H and O–H groups in total. The van der Waals surface area contributed by atoms with E-state index in [4.69, 9.17) is 35.4 Å². The van der Waals surface area contributed by atoms with Crippen LogP contribution in [0.3, 0.4) is 0 Å². The van der Waals surface area contributed by atoms with Gasteiger partial charge in [0.05, 0.1) is 0 Å². The summed E-state index contributed by atoms with van der Waals surface area (Å²) in [6.45, 7) is 4.33. The Morgan fingerprint density at radius 1 is 0.905 bits per heavy atom. The Hall–Kier alpha value is -1.29. The summed E-state index contributed by atoms with van der Waals surface area (Å²) in [5, 5.41) is 7.81. The van der Waals surface area contributed by atoms with Gasteiger partial charge in [0.2, 0.25) is 0 Å². The second-order valence-corrected chi connectivity index (χ2v) is 6.30. The zero-order chi connectivity index (χ0) is 15.4. The Labute approximate surface area is 140 Å². The Kier molecular flexibility index (Phi) is 5.45. The summed E-state index contributed by atoms with van der Waals surface area (Å²) >= 11 is 17.2.